The molecule has 0 radical (unpaired) electrons. The first-order valence-corrected chi connectivity index (χ1v) is 5.22. The van der Waals surface area contributed by atoms with Gasteiger partial charge in [-0.1, -0.05) is 13.8 Å². The van der Waals surface area contributed by atoms with Crippen LogP contribution >= 0.6 is 0 Å². The summed E-state index contributed by atoms with van der Waals surface area (Å²) in [5.74, 6) is 1.25. The van der Waals surface area contributed by atoms with Crippen molar-refractivity contribution in [3.63, 3.8) is 0 Å². The highest BCUT2D eigenvalue weighted by molar-refractivity contribution is 5.39. The van der Waals surface area contributed by atoms with E-state index >= 15 is 0 Å². The van der Waals surface area contributed by atoms with Crippen molar-refractivity contribution in [3.05, 3.63) is 18.1 Å². The van der Waals surface area contributed by atoms with E-state index in [1.807, 2.05) is 24.9 Å². The molecule has 1 atom stereocenters. The zero-order chi connectivity index (χ0) is 11.4. The van der Waals surface area contributed by atoms with Crippen LogP contribution in [-0.4, -0.2) is 34.8 Å². The van der Waals surface area contributed by atoms with Crippen molar-refractivity contribution in [1.29, 1.82) is 0 Å². The maximum absolute atomic E-state index is 9.06. The quantitative estimate of drug-likeness (QED) is 0.814. The third kappa shape index (κ3) is 2.89. The number of rotatable bonds is 4. The van der Waals surface area contributed by atoms with Crippen LogP contribution in [0.1, 0.15) is 32.4 Å². The molecule has 1 N–H and O–H groups in total. The van der Waals surface area contributed by atoms with Gasteiger partial charge in [0, 0.05) is 18.8 Å². The summed E-state index contributed by atoms with van der Waals surface area (Å²) in [7, 11) is 1.92. The van der Waals surface area contributed by atoms with E-state index in [-0.39, 0.29) is 12.6 Å². The molecule has 0 saturated heterocycles. The molecule has 1 unspecified atom stereocenters. The fourth-order valence-electron chi connectivity index (χ4n) is 1.22. The highest BCUT2D eigenvalue weighted by Gasteiger charge is 2.11. The lowest BCUT2D eigenvalue weighted by atomic mass is 10.1. The van der Waals surface area contributed by atoms with Crippen LogP contribution in [0.4, 0.5) is 5.82 Å². The summed E-state index contributed by atoms with van der Waals surface area (Å²) in [4.78, 5) is 10.4. The topological polar surface area (TPSA) is 49.2 Å². The normalized spacial score (nSPS) is 12.9. The summed E-state index contributed by atoms with van der Waals surface area (Å²) in [6.45, 7) is 6.28. The summed E-state index contributed by atoms with van der Waals surface area (Å²) in [5, 5.41) is 9.06. The Balaban J connectivity index is 2.90. The first-order valence-electron chi connectivity index (χ1n) is 5.22. The molecule has 1 rings (SSSR count). The minimum Gasteiger partial charge on any atom is -0.394 e. The van der Waals surface area contributed by atoms with E-state index in [4.69, 9.17) is 5.11 Å². The zero-order valence-corrected chi connectivity index (χ0v) is 9.81. The van der Waals surface area contributed by atoms with Crippen LogP contribution < -0.4 is 4.90 Å². The molecule has 1 heterocycles. The lowest BCUT2D eigenvalue weighted by Gasteiger charge is -2.24. The molecule has 0 fully saturated rings. The average molecular weight is 209 g/mol. The van der Waals surface area contributed by atoms with Crippen molar-refractivity contribution < 1.29 is 5.11 Å². The SMILES string of the molecule is CC(C)c1cc(N(C)C(C)CO)ncn1. The van der Waals surface area contributed by atoms with Gasteiger partial charge in [0.05, 0.1) is 12.6 Å². The Morgan fingerprint density at radius 1 is 1.33 bits per heavy atom. The van der Waals surface area contributed by atoms with Crippen LogP contribution in [0.2, 0.25) is 0 Å². The van der Waals surface area contributed by atoms with Crippen molar-refractivity contribution in [2.75, 3.05) is 18.6 Å². The van der Waals surface area contributed by atoms with Crippen LogP contribution in [0.15, 0.2) is 12.4 Å². The van der Waals surface area contributed by atoms with Gasteiger partial charge in [-0.05, 0) is 12.8 Å². The Kier molecular flexibility index (Phi) is 4.03. The van der Waals surface area contributed by atoms with E-state index in [9.17, 15) is 0 Å². The molecule has 0 aliphatic heterocycles. The average Bonchev–Trinajstić information content (AvgIpc) is 2.27. The largest absolute Gasteiger partial charge is 0.394 e. The standard InChI is InChI=1S/C11H19N3O/c1-8(2)10-5-11(13-7-12-10)14(4)9(3)6-15/h5,7-9,15H,6H2,1-4H3. The first-order chi connectivity index (χ1) is 7.06. The molecule has 0 spiro atoms. The van der Waals surface area contributed by atoms with Gasteiger partial charge in [0.15, 0.2) is 0 Å². The lowest BCUT2D eigenvalue weighted by molar-refractivity contribution is 0.269. The van der Waals surface area contributed by atoms with Crippen LogP contribution in [-0.2, 0) is 0 Å². The van der Waals surface area contributed by atoms with Crippen molar-refractivity contribution >= 4 is 5.82 Å². The lowest BCUT2D eigenvalue weighted by Crippen LogP contribution is -2.32. The van der Waals surface area contributed by atoms with Crippen molar-refractivity contribution in [2.45, 2.75) is 32.7 Å². The summed E-state index contributed by atoms with van der Waals surface area (Å²) < 4.78 is 0. The minimum absolute atomic E-state index is 0.0694. The molecule has 4 heteroatoms. The van der Waals surface area contributed by atoms with E-state index in [0.717, 1.165) is 11.5 Å². The molecular weight excluding hydrogens is 190 g/mol. The van der Waals surface area contributed by atoms with E-state index in [2.05, 4.69) is 23.8 Å². The maximum atomic E-state index is 9.06. The molecule has 0 aliphatic carbocycles. The molecule has 0 bridgehead atoms. The van der Waals surface area contributed by atoms with E-state index in [1.165, 1.54) is 0 Å². The molecule has 1 aromatic heterocycles. The highest BCUT2D eigenvalue weighted by atomic mass is 16.3. The second-order valence-electron chi connectivity index (χ2n) is 4.10. The predicted octanol–water partition coefficient (Wildman–Crippen LogP) is 1.42. The van der Waals surface area contributed by atoms with Gasteiger partial charge < -0.3 is 10.0 Å². The first kappa shape index (κ1) is 11.9. The van der Waals surface area contributed by atoms with E-state index in [0.29, 0.717) is 5.92 Å². The van der Waals surface area contributed by atoms with Gasteiger partial charge in [0.1, 0.15) is 12.1 Å². The molecule has 0 aromatic carbocycles. The molecule has 4 nitrogen and oxygen atoms in total. The van der Waals surface area contributed by atoms with Crippen molar-refractivity contribution in [1.82, 2.24) is 9.97 Å². The monoisotopic (exact) mass is 209 g/mol. The van der Waals surface area contributed by atoms with Crippen LogP contribution in [0, 0.1) is 0 Å². The van der Waals surface area contributed by atoms with Gasteiger partial charge in [-0.15, -0.1) is 0 Å². The second-order valence-corrected chi connectivity index (χ2v) is 4.10. The number of aliphatic hydroxyl groups is 1. The van der Waals surface area contributed by atoms with Crippen LogP contribution in [0.25, 0.3) is 0 Å². The Hall–Kier alpha value is -1.16. The van der Waals surface area contributed by atoms with Crippen molar-refractivity contribution in [3.8, 4) is 0 Å². The van der Waals surface area contributed by atoms with Gasteiger partial charge in [-0.2, -0.15) is 0 Å². The maximum Gasteiger partial charge on any atom is 0.132 e. The number of likely N-dealkylation sites (N-methyl/N-ethyl adjacent to an activating group) is 1. The Bertz CT molecular complexity index is 314. The summed E-state index contributed by atoms with van der Waals surface area (Å²) in [6, 6.07) is 2.04. The van der Waals surface area contributed by atoms with E-state index < -0.39 is 0 Å². The summed E-state index contributed by atoms with van der Waals surface area (Å²) in [6.07, 6.45) is 1.57. The van der Waals surface area contributed by atoms with Crippen molar-refractivity contribution in [2.24, 2.45) is 0 Å². The predicted molar refractivity (Wildman–Crippen MR) is 61.1 cm³/mol. The number of hydrogen-bond donors (Lipinski definition) is 1. The Labute approximate surface area is 91.0 Å². The summed E-state index contributed by atoms with van der Waals surface area (Å²) >= 11 is 0. The smallest absolute Gasteiger partial charge is 0.132 e. The van der Waals surface area contributed by atoms with Gasteiger partial charge in [-0.3, -0.25) is 0 Å². The van der Waals surface area contributed by atoms with Gasteiger partial charge in [0.2, 0.25) is 0 Å². The molecule has 0 aliphatic rings. The fourth-order valence-corrected chi connectivity index (χ4v) is 1.22. The fraction of sp³-hybridized carbons (Fsp3) is 0.636. The van der Waals surface area contributed by atoms with Crippen LogP contribution in [0.5, 0.6) is 0 Å². The Morgan fingerprint density at radius 3 is 2.53 bits per heavy atom. The zero-order valence-electron chi connectivity index (χ0n) is 9.81. The molecule has 15 heavy (non-hydrogen) atoms. The third-order valence-corrected chi connectivity index (χ3v) is 2.55. The number of aliphatic hydroxyl groups excluding tert-OH is 1. The molecule has 0 saturated carbocycles. The minimum atomic E-state index is 0.0694. The third-order valence-electron chi connectivity index (χ3n) is 2.55. The van der Waals surface area contributed by atoms with Gasteiger partial charge in [-0.25, -0.2) is 9.97 Å². The number of nitrogens with zero attached hydrogens (tertiary/aromatic N) is 3. The molecule has 84 valence electrons. The number of aromatic nitrogens is 2. The summed E-state index contributed by atoms with van der Waals surface area (Å²) in [5.41, 5.74) is 1.02. The van der Waals surface area contributed by atoms with Gasteiger partial charge >= 0.3 is 0 Å². The van der Waals surface area contributed by atoms with Gasteiger partial charge in [0.25, 0.3) is 0 Å². The number of anilines is 1. The van der Waals surface area contributed by atoms with Crippen LogP contribution in [0.3, 0.4) is 0 Å². The Morgan fingerprint density at radius 2 is 2.00 bits per heavy atom. The second kappa shape index (κ2) is 5.07. The molecular formula is C11H19N3O. The molecule has 0 amide bonds. The highest BCUT2D eigenvalue weighted by Crippen LogP contribution is 2.17. The number of hydrogen-bond acceptors (Lipinski definition) is 4. The van der Waals surface area contributed by atoms with E-state index in [1.54, 1.807) is 6.33 Å². The molecule has 1 aromatic rings.